The second kappa shape index (κ2) is 9.99. The Hall–Kier alpha value is -3.82. The van der Waals surface area contributed by atoms with Gasteiger partial charge in [0, 0.05) is 24.8 Å². The minimum atomic E-state index is -0.689. The Morgan fingerprint density at radius 2 is 1.88 bits per heavy atom. The minimum absolute atomic E-state index is 0.366. The smallest absolute Gasteiger partial charge is 0.343 e. The van der Waals surface area contributed by atoms with E-state index < -0.39 is 12.1 Å². The number of hydrogen-bond acceptors (Lipinski definition) is 8. The van der Waals surface area contributed by atoms with Gasteiger partial charge in [0.2, 0.25) is 0 Å². The number of aliphatic hydroxyl groups is 1. The first-order valence-electron chi connectivity index (χ1n) is 10.2. The predicted molar refractivity (Wildman–Crippen MR) is 117 cm³/mol. The van der Waals surface area contributed by atoms with E-state index in [1.165, 1.54) is 4.52 Å². The molecule has 2 N–H and O–H groups in total. The number of rotatable bonds is 9. The van der Waals surface area contributed by atoms with Crippen molar-refractivity contribution in [1.29, 1.82) is 0 Å². The zero-order valence-electron chi connectivity index (χ0n) is 17.5. The number of aryl methyl sites for hydroxylation is 1. The molecule has 0 spiro atoms. The molecule has 9 nitrogen and oxygen atoms in total. The average molecular weight is 433 g/mol. The van der Waals surface area contributed by atoms with E-state index in [0.29, 0.717) is 48.0 Å². The molecule has 0 amide bonds. The Morgan fingerprint density at radius 1 is 1.09 bits per heavy atom. The van der Waals surface area contributed by atoms with Gasteiger partial charge in [0.1, 0.15) is 18.1 Å². The number of aliphatic hydroxyl groups excluding tert-OH is 1. The molecule has 0 radical (unpaired) electrons. The molecule has 0 unspecified atom stereocenters. The number of hydrogen-bond donors (Lipinski definition) is 2. The lowest BCUT2D eigenvalue weighted by molar-refractivity contribution is 0.0734. The molecule has 0 aliphatic rings. The molecule has 0 fully saturated rings. The van der Waals surface area contributed by atoms with Gasteiger partial charge in [0.25, 0.3) is 0 Å². The van der Waals surface area contributed by atoms with Gasteiger partial charge < -0.3 is 19.9 Å². The van der Waals surface area contributed by atoms with Crippen molar-refractivity contribution in [1.82, 2.24) is 25.4 Å². The highest BCUT2D eigenvalue weighted by Gasteiger charge is 2.11. The van der Waals surface area contributed by atoms with E-state index >= 15 is 0 Å². The lowest BCUT2D eigenvalue weighted by Crippen LogP contribution is -2.26. The monoisotopic (exact) mass is 433 g/mol. The SMILES string of the molecule is Cc1ccccc1C(=O)Oc1ccc(OCCNC[C@H](O)c2ccc3nnnn3c2)cc1. The molecule has 2 aromatic carbocycles. The van der Waals surface area contributed by atoms with Crippen LogP contribution in [0.5, 0.6) is 11.5 Å². The molecule has 4 rings (SSSR count). The molecule has 0 aliphatic carbocycles. The van der Waals surface area contributed by atoms with Crippen molar-refractivity contribution < 1.29 is 19.4 Å². The first-order valence-corrected chi connectivity index (χ1v) is 10.2. The molecule has 1 atom stereocenters. The summed E-state index contributed by atoms with van der Waals surface area (Å²) in [6, 6.07) is 17.7. The van der Waals surface area contributed by atoms with E-state index in [2.05, 4.69) is 20.8 Å². The first-order chi connectivity index (χ1) is 15.6. The van der Waals surface area contributed by atoms with Crippen molar-refractivity contribution in [3.63, 3.8) is 0 Å². The van der Waals surface area contributed by atoms with E-state index in [1.54, 1.807) is 54.7 Å². The van der Waals surface area contributed by atoms with Crippen molar-refractivity contribution in [2.75, 3.05) is 19.7 Å². The summed E-state index contributed by atoms with van der Waals surface area (Å²) in [4.78, 5) is 12.3. The lowest BCUT2D eigenvalue weighted by atomic mass is 10.1. The molecule has 0 saturated heterocycles. The van der Waals surface area contributed by atoms with Gasteiger partial charge in [-0.2, -0.15) is 0 Å². The Balaban J connectivity index is 1.19. The van der Waals surface area contributed by atoms with E-state index in [1.807, 2.05) is 19.1 Å². The molecule has 9 heteroatoms. The second-order valence-electron chi connectivity index (χ2n) is 7.19. The Bertz CT molecular complexity index is 1190. The van der Waals surface area contributed by atoms with Gasteiger partial charge in [0.05, 0.1) is 11.7 Å². The largest absolute Gasteiger partial charge is 0.492 e. The van der Waals surface area contributed by atoms with Gasteiger partial charge in [-0.25, -0.2) is 9.31 Å². The van der Waals surface area contributed by atoms with Crippen LogP contribution in [0.25, 0.3) is 5.65 Å². The molecule has 0 saturated carbocycles. The maximum atomic E-state index is 12.3. The number of carbonyl (C=O) groups excluding carboxylic acids is 1. The first kappa shape index (κ1) is 21.4. The van der Waals surface area contributed by atoms with Gasteiger partial charge in [-0.1, -0.05) is 24.3 Å². The molecule has 0 bridgehead atoms. The van der Waals surface area contributed by atoms with E-state index in [-0.39, 0.29) is 0 Å². The van der Waals surface area contributed by atoms with Crippen molar-refractivity contribution in [3.05, 3.63) is 83.6 Å². The normalized spacial score (nSPS) is 11.9. The Kier molecular flexibility index (Phi) is 6.69. The summed E-state index contributed by atoms with van der Waals surface area (Å²) in [5.41, 5.74) is 2.75. The highest BCUT2D eigenvalue weighted by Crippen LogP contribution is 2.19. The van der Waals surface area contributed by atoms with Crippen molar-refractivity contribution in [3.8, 4) is 11.5 Å². The number of benzene rings is 2. The van der Waals surface area contributed by atoms with Crippen molar-refractivity contribution in [2.45, 2.75) is 13.0 Å². The van der Waals surface area contributed by atoms with E-state index in [9.17, 15) is 9.90 Å². The quantitative estimate of drug-likeness (QED) is 0.235. The molecular weight excluding hydrogens is 410 g/mol. The third kappa shape index (κ3) is 5.26. The number of tetrazole rings is 1. The van der Waals surface area contributed by atoms with Crippen LogP contribution in [0.4, 0.5) is 0 Å². The number of carbonyl (C=O) groups is 1. The number of esters is 1. The number of ether oxygens (including phenoxy) is 2. The van der Waals surface area contributed by atoms with E-state index in [0.717, 1.165) is 5.56 Å². The van der Waals surface area contributed by atoms with Gasteiger partial charge in [0.15, 0.2) is 5.65 Å². The van der Waals surface area contributed by atoms with Gasteiger partial charge in [-0.15, -0.1) is 5.10 Å². The fourth-order valence-corrected chi connectivity index (χ4v) is 3.12. The average Bonchev–Trinajstić information content (AvgIpc) is 3.28. The van der Waals surface area contributed by atoms with Crippen LogP contribution in [0, 0.1) is 6.92 Å². The topological polar surface area (TPSA) is 111 Å². The summed E-state index contributed by atoms with van der Waals surface area (Å²) in [6.45, 7) is 3.20. The lowest BCUT2D eigenvalue weighted by Gasteiger charge is -2.13. The van der Waals surface area contributed by atoms with Crippen LogP contribution in [-0.2, 0) is 0 Å². The highest BCUT2D eigenvalue weighted by atomic mass is 16.5. The molecule has 2 heterocycles. The Morgan fingerprint density at radius 3 is 2.69 bits per heavy atom. The highest BCUT2D eigenvalue weighted by molar-refractivity contribution is 5.92. The summed E-state index contributed by atoms with van der Waals surface area (Å²) < 4.78 is 12.6. The molecule has 4 aromatic rings. The molecule has 0 aliphatic heterocycles. The van der Waals surface area contributed by atoms with Crippen LogP contribution in [0.1, 0.15) is 27.6 Å². The van der Waals surface area contributed by atoms with Crippen molar-refractivity contribution >= 4 is 11.6 Å². The molecule has 164 valence electrons. The van der Waals surface area contributed by atoms with Crippen LogP contribution < -0.4 is 14.8 Å². The van der Waals surface area contributed by atoms with Gasteiger partial charge in [-0.05, 0) is 59.3 Å². The third-order valence-corrected chi connectivity index (χ3v) is 4.88. The summed E-state index contributed by atoms with van der Waals surface area (Å²) >= 11 is 0. The molecular formula is C23H23N5O4. The standard InChI is InChI=1S/C23H23N5O4/c1-16-4-2-3-5-20(16)23(30)32-19-9-7-18(8-10-19)31-13-12-24-14-21(29)17-6-11-22-25-26-27-28(22)15-17/h2-11,15,21,24,29H,12-14H2,1H3/t21-/m0/s1. The minimum Gasteiger partial charge on any atom is -0.492 e. The zero-order valence-corrected chi connectivity index (χ0v) is 17.5. The number of aromatic nitrogens is 4. The summed E-state index contributed by atoms with van der Waals surface area (Å²) in [5, 5.41) is 24.7. The fourth-order valence-electron chi connectivity index (χ4n) is 3.12. The number of pyridine rings is 1. The maximum absolute atomic E-state index is 12.3. The Labute approximate surface area is 184 Å². The van der Waals surface area contributed by atoms with Crippen LogP contribution in [0.3, 0.4) is 0 Å². The second-order valence-corrected chi connectivity index (χ2v) is 7.19. The van der Waals surface area contributed by atoms with E-state index in [4.69, 9.17) is 9.47 Å². The molecule has 32 heavy (non-hydrogen) atoms. The number of nitrogens with one attached hydrogen (secondary N) is 1. The summed E-state index contributed by atoms with van der Waals surface area (Å²) in [7, 11) is 0. The van der Waals surface area contributed by atoms with Crippen LogP contribution in [0.2, 0.25) is 0 Å². The van der Waals surface area contributed by atoms with Crippen LogP contribution >= 0.6 is 0 Å². The number of nitrogens with zero attached hydrogens (tertiary/aromatic N) is 4. The zero-order chi connectivity index (χ0) is 22.3. The van der Waals surface area contributed by atoms with Crippen LogP contribution in [-0.4, -0.2) is 50.8 Å². The van der Waals surface area contributed by atoms with Crippen molar-refractivity contribution in [2.24, 2.45) is 0 Å². The summed E-state index contributed by atoms with van der Waals surface area (Å²) in [5.74, 6) is 0.720. The fraction of sp³-hybridized carbons (Fsp3) is 0.217. The van der Waals surface area contributed by atoms with Crippen LogP contribution in [0.15, 0.2) is 66.9 Å². The number of fused-ring (bicyclic) bond motifs is 1. The summed E-state index contributed by atoms with van der Waals surface area (Å²) in [6.07, 6.45) is 1.01. The molecule has 2 aromatic heterocycles. The maximum Gasteiger partial charge on any atom is 0.343 e. The third-order valence-electron chi connectivity index (χ3n) is 4.88. The van der Waals surface area contributed by atoms with Gasteiger partial charge >= 0.3 is 5.97 Å². The van der Waals surface area contributed by atoms with Gasteiger partial charge in [-0.3, -0.25) is 0 Å². The predicted octanol–water partition coefficient (Wildman–Crippen LogP) is 2.35.